The van der Waals surface area contributed by atoms with Gasteiger partial charge in [0.25, 0.3) is 0 Å². The lowest BCUT2D eigenvalue weighted by Gasteiger charge is -2.06. The fraction of sp³-hybridized carbons (Fsp3) is 0.375. The van der Waals surface area contributed by atoms with E-state index in [4.69, 9.17) is 16.3 Å². The van der Waals surface area contributed by atoms with Gasteiger partial charge in [-0.1, -0.05) is 11.6 Å². The standard InChI is InChI=1S/C8H9ClN4O/c1-5-6(3-14-2)7(9)12-13-4-10-11-8(5)13/h4H,3H2,1-2H3. The van der Waals surface area contributed by atoms with Crippen LogP contribution in [0.25, 0.3) is 5.65 Å². The minimum Gasteiger partial charge on any atom is -0.380 e. The Morgan fingerprint density at radius 1 is 1.57 bits per heavy atom. The summed E-state index contributed by atoms with van der Waals surface area (Å²) in [5.41, 5.74) is 2.51. The Morgan fingerprint density at radius 3 is 3.07 bits per heavy atom. The smallest absolute Gasteiger partial charge is 0.180 e. The van der Waals surface area contributed by atoms with Crippen LogP contribution in [-0.4, -0.2) is 26.9 Å². The van der Waals surface area contributed by atoms with Gasteiger partial charge in [0, 0.05) is 18.2 Å². The van der Waals surface area contributed by atoms with Gasteiger partial charge in [0.05, 0.1) is 6.61 Å². The monoisotopic (exact) mass is 212 g/mol. The van der Waals surface area contributed by atoms with Crippen molar-refractivity contribution >= 4 is 17.2 Å². The molecule has 2 aromatic heterocycles. The number of rotatable bonds is 2. The second kappa shape index (κ2) is 3.51. The normalized spacial score (nSPS) is 11.1. The fourth-order valence-electron chi connectivity index (χ4n) is 1.31. The zero-order valence-electron chi connectivity index (χ0n) is 7.86. The molecule has 0 aliphatic heterocycles. The lowest BCUT2D eigenvalue weighted by Crippen LogP contribution is -2.02. The maximum Gasteiger partial charge on any atom is 0.180 e. The highest BCUT2D eigenvalue weighted by molar-refractivity contribution is 6.30. The molecule has 14 heavy (non-hydrogen) atoms. The summed E-state index contributed by atoms with van der Waals surface area (Å²) in [6, 6.07) is 0. The van der Waals surface area contributed by atoms with E-state index < -0.39 is 0 Å². The molecule has 0 aromatic carbocycles. The minimum atomic E-state index is 0.427. The summed E-state index contributed by atoms with van der Waals surface area (Å²) in [5, 5.41) is 12.2. The summed E-state index contributed by atoms with van der Waals surface area (Å²) < 4.78 is 6.59. The molecule has 0 saturated heterocycles. The van der Waals surface area contributed by atoms with Crippen molar-refractivity contribution in [1.29, 1.82) is 0 Å². The number of halogens is 1. The van der Waals surface area contributed by atoms with E-state index in [1.807, 2.05) is 6.92 Å². The second-order valence-corrected chi connectivity index (χ2v) is 3.28. The molecule has 0 aliphatic rings. The van der Waals surface area contributed by atoms with Crippen molar-refractivity contribution < 1.29 is 4.74 Å². The highest BCUT2D eigenvalue weighted by Gasteiger charge is 2.11. The van der Waals surface area contributed by atoms with E-state index in [0.717, 1.165) is 11.1 Å². The van der Waals surface area contributed by atoms with Crippen molar-refractivity contribution in [3.63, 3.8) is 0 Å². The summed E-state index contributed by atoms with van der Waals surface area (Å²) in [7, 11) is 1.61. The van der Waals surface area contributed by atoms with Crippen LogP contribution in [0.15, 0.2) is 6.33 Å². The molecule has 2 aromatic rings. The Hall–Kier alpha value is -1.20. The maximum absolute atomic E-state index is 5.98. The molecular formula is C8H9ClN4O. The Balaban J connectivity index is 2.69. The van der Waals surface area contributed by atoms with E-state index in [9.17, 15) is 0 Å². The lowest BCUT2D eigenvalue weighted by atomic mass is 10.2. The predicted octanol–water partition coefficient (Wildman–Crippen LogP) is 1.23. The molecule has 2 rings (SSSR count). The molecular weight excluding hydrogens is 204 g/mol. The fourth-order valence-corrected chi connectivity index (χ4v) is 1.58. The van der Waals surface area contributed by atoms with Crippen LogP contribution in [0, 0.1) is 6.92 Å². The van der Waals surface area contributed by atoms with Crippen molar-refractivity contribution in [3.8, 4) is 0 Å². The van der Waals surface area contributed by atoms with Gasteiger partial charge in [-0.05, 0) is 6.92 Å². The third-order valence-electron chi connectivity index (χ3n) is 2.05. The average molecular weight is 213 g/mol. The van der Waals surface area contributed by atoms with Gasteiger partial charge in [0.2, 0.25) is 0 Å². The lowest BCUT2D eigenvalue weighted by molar-refractivity contribution is 0.184. The third-order valence-corrected chi connectivity index (χ3v) is 2.36. The molecule has 0 atom stereocenters. The number of methoxy groups -OCH3 is 1. The molecule has 5 nitrogen and oxygen atoms in total. The van der Waals surface area contributed by atoms with E-state index in [0.29, 0.717) is 17.4 Å². The van der Waals surface area contributed by atoms with Gasteiger partial charge in [-0.15, -0.1) is 10.2 Å². The van der Waals surface area contributed by atoms with Crippen LogP contribution in [0.3, 0.4) is 0 Å². The molecule has 6 heteroatoms. The molecule has 0 bridgehead atoms. The summed E-state index contributed by atoms with van der Waals surface area (Å²) in [6.07, 6.45) is 1.52. The number of fused-ring (bicyclic) bond motifs is 1. The number of ether oxygens (including phenoxy) is 1. The summed E-state index contributed by atoms with van der Waals surface area (Å²) in [5.74, 6) is 0. The highest BCUT2D eigenvalue weighted by Crippen LogP contribution is 2.20. The zero-order valence-corrected chi connectivity index (χ0v) is 8.62. The molecule has 0 saturated carbocycles. The summed E-state index contributed by atoms with van der Waals surface area (Å²) >= 11 is 5.98. The molecule has 74 valence electrons. The van der Waals surface area contributed by atoms with Gasteiger partial charge in [-0.2, -0.15) is 9.61 Å². The Bertz CT molecular complexity index is 468. The van der Waals surface area contributed by atoms with E-state index >= 15 is 0 Å². The van der Waals surface area contributed by atoms with E-state index in [-0.39, 0.29) is 0 Å². The van der Waals surface area contributed by atoms with Crippen LogP contribution >= 0.6 is 11.6 Å². The topological polar surface area (TPSA) is 52.3 Å². The second-order valence-electron chi connectivity index (χ2n) is 2.93. The van der Waals surface area contributed by atoms with Gasteiger partial charge in [-0.25, -0.2) is 0 Å². The molecule has 2 heterocycles. The first kappa shape index (κ1) is 9.36. The Morgan fingerprint density at radius 2 is 2.36 bits per heavy atom. The molecule has 0 unspecified atom stereocenters. The van der Waals surface area contributed by atoms with Gasteiger partial charge in [0.1, 0.15) is 6.33 Å². The first-order valence-corrected chi connectivity index (χ1v) is 4.45. The third kappa shape index (κ3) is 1.34. The number of aromatic nitrogens is 4. The highest BCUT2D eigenvalue weighted by atomic mass is 35.5. The molecule has 0 aliphatic carbocycles. The Labute approximate surface area is 85.7 Å². The quantitative estimate of drug-likeness (QED) is 0.752. The summed E-state index contributed by atoms with van der Waals surface area (Å²) in [4.78, 5) is 0. The van der Waals surface area contributed by atoms with Gasteiger partial charge >= 0.3 is 0 Å². The summed E-state index contributed by atoms with van der Waals surface area (Å²) in [6.45, 7) is 2.35. The Kier molecular flexibility index (Phi) is 2.35. The van der Waals surface area contributed by atoms with Crippen molar-refractivity contribution in [2.45, 2.75) is 13.5 Å². The van der Waals surface area contributed by atoms with Crippen LogP contribution < -0.4 is 0 Å². The van der Waals surface area contributed by atoms with Crippen LogP contribution in [0.4, 0.5) is 0 Å². The SMILES string of the molecule is COCc1c(Cl)nn2cnnc2c1C. The average Bonchev–Trinajstić information content (AvgIpc) is 2.60. The largest absolute Gasteiger partial charge is 0.380 e. The van der Waals surface area contributed by atoms with Crippen molar-refractivity contribution in [2.24, 2.45) is 0 Å². The number of aryl methyl sites for hydroxylation is 1. The van der Waals surface area contributed by atoms with Crippen LogP contribution in [0.5, 0.6) is 0 Å². The molecule has 0 spiro atoms. The van der Waals surface area contributed by atoms with Gasteiger partial charge in [0.15, 0.2) is 10.8 Å². The first-order valence-electron chi connectivity index (χ1n) is 4.08. The molecule has 0 amide bonds. The number of hydrogen-bond donors (Lipinski definition) is 0. The minimum absolute atomic E-state index is 0.427. The van der Waals surface area contributed by atoms with E-state index in [1.165, 1.54) is 6.33 Å². The predicted molar refractivity (Wildman–Crippen MR) is 51.2 cm³/mol. The first-order chi connectivity index (χ1) is 6.74. The number of nitrogens with zero attached hydrogens (tertiary/aromatic N) is 4. The van der Waals surface area contributed by atoms with E-state index in [2.05, 4.69) is 15.3 Å². The van der Waals surface area contributed by atoms with Crippen LogP contribution in [0.1, 0.15) is 11.1 Å². The van der Waals surface area contributed by atoms with Crippen LogP contribution in [-0.2, 0) is 11.3 Å². The van der Waals surface area contributed by atoms with E-state index in [1.54, 1.807) is 11.6 Å². The zero-order chi connectivity index (χ0) is 10.1. The van der Waals surface area contributed by atoms with Crippen molar-refractivity contribution in [3.05, 3.63) is 22.6 Å². The van der Waals surface area contributed by atoms with Gasteiger partial charge in [-0.3, -0.25) is 0 Å². The van der Waals surface area contributed by atoms with Crippen molar-refractivity contribution in [2.75, 3.05) is 7.11 Å². The molecule has 0 fully saturated rings. The van der Waals surface area contributed by atoms with Crippen LogP contribution in [0.2, 0.25) is 5.15 Å². The molecule has 0 radical (unpaired) electrons. The number of hydrogen-bond acceptors (Lipinski definition) is 4. The van der Waals surface area contributed by atoms with Crippen molar-refractivity contribution in [1.82, 2.24) is 19.8 Å². The maximum atomic E-state index is 5.98. The molecule has 0 N–H and O–H groups in total. The van der Waals surface area contributed by atoms with Gasteiger partial charge < -0.3 is 4.74 Å².